The Labute approximate surface area is 216 Å². The van der Waals surface area contributed by atoms with Crippen LogP contribution in [-0.4, -0.2) is 80.5 Å². The number of benzene rings is 1. The summed E-state index contributed by atoms with van der Waals surface area (Å²) in [5, 5.41) is 13.4. The number of sulfone groups is 1. The van der Waals surface area contributed by atoms with Crippen molar-refractivity contribution in [3.05, 3.63) is 41.5 Å². The molecular formula is C24H35IN2O6S. The molecule has 1 amide bonds. The second kappa shape index (κ2) is 12.8. The molecule has 2 aliphatic heterocycles. The van der Waals surface area contributed by atoms with E-state index in [9.17, 15) is 18.3 Å². The van der Waals surface area contributed by atoms with Gasteiger partial charge in [-0.05, 0) is 56.4 Å². The third kappa shape index (κ3) is 7.99. The van der Waals surface area contributed by atoms with E-state index in [2.05, 4.69) is 17.4 Å². The largest absolute Gasteiger partial charge is 0.386 e. The number of nitrogens with zero attached hydrogens (tertiary/aromatic N) is 1. The SMILES string of the molecule is CC1CC(N(C)CCC(=O)NCCCCc2ccc(C3=CCS(=O)(=O)C3)cc2)[C@@H](O)C(OI)O1. The molecule has 0 aliphatic carbocycles. The first-order valence-electron chi connectivity index (χ1n) is 11.7. The van der Waals surface area contributed by atoms with Crippen LogP contribution in [0.3, 0.4) is 0 Å². The van der Waals surface area contributed by atoms with Gasteiger partial charge >= 0.3 is 0 Å². The highest BCUT2D eigenvalue weighted by Crippen LogP contribution is 2.26. The molecule has 0 spiro atoms. The van der Waals surface area contributed by atoms with Gasteiger partial charge < -0.3 is 20.1 Å². The summed E-state index contributed by atoms with van der Waals surface area (Å²) in [6.07, 6.45) is 4.19. The number of ether oxygens (including phenoxy) is 1. The van der Waals surface area contributed by atoms with Gasteiger partial charge in [0.2, 0.25) is 5.91 Å². The van der Waals surface area contributed by atoms with Crippen molar-refractivity contribution in [3.8, 4) is 0 Å². The molecule has 0 bridgehead atoms. The predicted molar refractivity (Wildman–Crippen MR) is 140 cm³/mol. The lowest BCUT2D eigenvalue weighted by molar-refractivity contribution is -0.206. The Balaban J connectivity index is 1.30. The zero-order chi connectivity index (χ0) is 24.7. The molecule has 10 heteroatoms. The molecule has 1 fully saturated rings. The maximum atomic E-state index is 12.2. The Kier molecular flexibility index (Phi) is 10.3. The number of nitrogens with one attached hydrogen (secondary N) is 1. The number of likely N-dealkylation sites (N-methyl/N-ethyl adjacent to an activating group) is 1. The molecule has 4 atom stereocenters. The zero-order valence-electron chi connectivity index (χ0n) is 19.8. The monoisotopic (exact) mass is 606 g/mol. The molecule has 0 aromatic heterocycles. The van der Waals surface area contributed by atoms with E-state index in [1.54, 1.807) is 29.1 Å². The highest BCUT2D eigenvalue weighted by molar-refractivity contribution is 14.1. The lowest BCUT2D eigenvalue weighted by Crippen LogP contribution is -2.54. The van der Waals surface area contributed by atoms with Crippen LogP contribution < -0.4 is 5.32 Å². The highest BCUT2D eigenvalue weighted by Gasteiger charge is 2.38. The van der Waals surface area contributed by atoms with E-state index in [1.807, 2.05) is 31.0 Å². The molecule has 1 saturated heterocycles. The first-order valence-corrected chi connectivity index (χ1v) is 14.5. The van der Waals surface area contributed by atoms with Crippen LogP contribution in [0.15, 0.2) is 30.3 Å². The molecule has 3 rings (SSSR count). The Hall–Kier alpha value is -1.05. The van der Waals surface area contributed by atoms with E-state index < -0.39 is 22.2 Å². The minimum atomic E-state index is -2.96. The number of carbonyl (C=O) groups excluding carboxylic acids is 1. The molecule has 190 valence electrons. The second-order valence-electron chi connectivity index (χ2n) is 9.22. The molecule has 0 radical (unpaired) electrons. The van der Waals surface area contributed by atoms with Crippen LogP contribution >= 0.6 is 23.0 Å². The van der Waals surface area contributed by atoms with Crippen molar-refractivity contribution in [2.75, 3.05) is 31.6 Å². The fourth-order valence-electron chi connectivity index (χ4n) is 4.42. The summed E-state index contributed by atoms with van der Waals surface area (Å²) in [7, 11) is -1.04. The average Bonchev–Trinajstić information content (AvgIpc) is 3.18. The van der Waals surface area contributed by atoms with Crippen LogP contribution in [0.2, 0.25) is 0 Å². The number of unbranched alkanes of at least 4 members (excludes halogenated alkanes) is 1. The molecule has 1 aromatic carbocycles. The van der Waals surface area contributed by atoms with Gasteiger partial charge in [-0.3, -0.25) is 7.86 Å². The Morgan fingerprint density at radius 2 is 2.03 bits per heavy atom. The number of halogens is 1. The number of aliphatic hydroxyl groups excluding tert-OH is 1. The number of rotatable bonds is 11. The van der Waals surface area contributed by atoms with Gasteiger partial charge in [0.25, 0.3) is 0 Å². The van der Waals surface area contributed by atoms with E-state index >= 15 is 0 Å². The minimum Gasteiger partial charge on any atom is -0.386 e. The molecule has 3 unspecified atom stereocenters. The van der Waals surface area contributed by atoms with Crippen LogP contribution in [0.1, 0.15) is 43.7 Å². The van der Waals surface area contributed by atoms with E-state index in [-0.39, 0.29) is 29.6 Å². The zero-order valence-corrected chi connectivity index (χ0v) is 22.8. The predicted octanol–water partition coefficient (Wildman–Crippen LogP) is 2.49. The lowest BCUT2D eigenvalue weighted by Gasteiger charge is -2.41. The second-order valence-corrected chi connectivity index (χ2v) is 11.8. The van der Waals surface area contributed by atoms with E-state index in [4.69, 9.17) is 7.80 Å². The Morgan fingerprint density at radius 3 is 2.68 bits per heavy atom. The third-order valence-corrected chi connectivity index (χ3v) is 8.38. The molecular weight excluding hydrogens is 571 g/mol. The van der Waals surface area contributed by atoms with Gasteiger partial charge in [0.15, 0.2) is 16.1 Å². The average molecular weight is 607 g/mol. The van der Waals surface area contributed by atoms with Gasteiger partial charge in [-0.15, -0.1) is 0 Å². The number of carbonyl (C=O) groups is 1. The maximum Gasteiger partial charge on any atom is 0.221 e. The number of hydrogen-bond donors (Lipinski definition) is 2. The van der Waals surface area contributed by atoms with E-state index in [1.165, 1.54) is 5.56 Å². The molecule has 1 aromatic rings. The number of hydrogen-bond acceptors (Lipinski definition) is 7. The van der Waals surface area contributed by atoms with Crippen molar-refractivity contribution in [2.24, 2.45) is 0 Å². The van der Waals surface area contributed by atoms with Crippen LogP contribution in [0, 0.1) is 0 Å². The van der Waals surface area contributed by atoms with Crippen molar-refractivity contribution >= 4 is 44.3 Å². The summed E-state index contributed by atoms with van der Waals surface area (Å²) in [6, 6.07) is 7.97. The van der Waals surface area contributed by atoms with E-state index in [0.717, 1.165) is 30.4 Å². The number of aryl methyl sites for hydroxylation is 1. The van der Waals surface area contributed by atoms with Crippen molar-refractivity contribution in [2.45, 2.75) is 63.6 Å². The van der Waals surface area contributed by atoms with Crippen molar-refractivity contribution in [1.29, 1.82) is 0 Å². The standard InChI is InChI=1S/C24H35IN2O6S/c1-17-15-21(23(29)24(32-17)33-25)27(2)13-10-22(28)26-12-4-3-5-18-6-8-19(9-7-18)20-11-14-34(30,31)16-20/h6-9,11,17,21,23-24,29H,3-5,10,12-16H2,1-2H3,(H,26,28)/t17?,21?,23-,24?/m1/s1. The van der Waals surface area contributed by atoms with Crippen LogP contribution in [0.5, 0.6) is 0 Å². The van der Waals surface area contributed by atoms with Crippen LogP contribution in [0.25, 0.3) is 5.57 Å². The molecule has 0 saturated carbocycles. The molecule has 34 heavy (non-hydrogen) atoms. The summed E-state index contributed by atoms with van der Waals surface area (Å²) in [4.78, 5) is 14.2. The number of amides is 1. The number of aliphatic hydroxyl groups is 1. The molecule has 2 N–H and O–H groups in total. The summed E-state index contributed by atoms with van der Waals surface area (Å²) in [5.74, 6) is 0.271. The van der Waals surface area contributed by atoms with Gasteiger partial charge in [0.1, 0.15) is 29.1 Å². The smallest absolute Gasteiger partial charge is 0.221 e. The van der Waals surface area contributed by atoms with Crippen molar-refractivity contribution < 1.29 is 26.1 Å². The Morgan fingerprint density at radius 1 is 1.29 bits per heavy atom. The van der Waals surface area contributed by atoms with E-state index in [0.29, 0.717) is 25.9 Å². The van der Waals surface area contributed by atoms with Gasteiger partial charge in [-0.2, -0.15) is 0 Å². The fraction of sp³-hybridized carbons (Fsp3) is 0.625. The lowest BCUT2D eigenvalue weighted by atomic mass is 9.99. The van der Waals surface area contributed by atoms with Crippen LogP contribution in [-0.2, 0) is 28.9 Å². The third-order valence-electron chi connectivity index (χ3n) is 6.46. The van der Waals surface area contributed by atoms with Gasteiger partial charge in [0.05, 0.1) is 17.6 Å². The van der Waals surface area contributed by atoms with Gasteiger partial charge in [-0.1, -0.05) is 30.3 Å². The highest BCUT2D eigenvalue weighted by atomic mass is 127. The quantitative estimate of drug-likeness (QED) is 0.295. The van der Waals surface area contributed by atoms with Crippen molar-refractivity contribution in [1.82, 2.24) is 10.2 Å². The molecule has 2 aliphatic rings. The minimum absolute atomic E-state index is 0.00674. The fourth-order valence-corrected chi connectivity index (χ4v) is 6.18. The van der Waals surface area contributed by atoms with Gasteiger partial charge in [-0.25, -0.2) is 8.42 Å². The molecule has 8 nitrogen and oxygen atoms in total. The first kappa shape index (κ1) is 27.5. The summed E-state index contributed by atoms with van der Waals surface area (Å²) in [6.45, 7) is 3.14. The Bertz CT molecular complexity index is 953. The summed E-state index contributed by atoms with van der Waals surface area (Å²) in [5.41, 5.74) is 3.07. The normalized spacial score (nSPS) is 26.4. The summed E-state index contributed by atoms with van der Waals surface area (Å²) >= 11 is 1.74. The molecule has 2 heterocycles. The van der Waals surface area contributed by atoms with Crippen LogP contribution in [0.4, 0.5) is 0 Å². The van der Waals surface area contributed by atoms with Gasteiger partial charge in [0, 0.05) is 25.6 Å². The maximum absolute atomic E-state index is 12.2. The topological polar surface area (TPSA) is 105 Å². The van der Waals surface area contributed by atoms with Crippen molar-refractivity contribution in [3.63, 3.8) is 0 Å². The first-order chi connectivity index (χ1) is 16.2. The summed E-state index contributed by atoms with van der Waals surface area (Å²) < 4.78 is 34.0.